The van der Waals surface area contributed by atoms with Crippen molar-refractivity contribution in [3.05, 3.63) is 58.8 Å². The highest BCUT2D eigenvalue weighted by atomic mass is 16.5. The molecule has 1 heterocycles. The maximum absolute atomic E-state index is 12.6. The third kappa shape index (κ3) is 2.86. The summed E-state index contributed by atoms with van der Waals surface area (Å²) >= 11 is 0. The molecule has 0 aromatic heterocycles. The molecule has 0 amide bonds. The Morgan fingerprint density at radius 1 is 1.21 bits per heavy atom. The van der Waals surface area contributed by atoms with Gasteiger partial charge in [-0.3, -0.25) is 4.79 Å². The van der Waals surface area contributed by atoms with Crippen LogP contribution in [-0.4, -0.2) is 32.1 Å². The molecular weight excluding hydrogens is 306 g/mol. The van der Waals surface area contributed by atoms with Gasteiger partial charge in [0.15, 0.2) is 11.5 Å². The maximum Gasteiger partial charge on any atom is 0.231 e. The summed E-state index contributed by atoms with van der Waals surface area (Å²) in [4.78, 5) is 13.7. The average Bonchev–Trinajstić information content (AvgIpc) is 2.87. The number of benzene rings is 2. The van der Waals surface area contributed by atoms with E-state index in [4.69, 9.17) is 9.47 Å². The zero-order chi connectivity index (χ0) is 17.3. The van der Waals surface area contributed by atoms with Gasteiger partial charge in [0.2, 0.25) is 5.78 Å². The number of Topliss-reactive ketones (excluding diaryl/α,β-unsaturated/α-hetero) is 1. The fourth-order valence-corrected chi connectivity index (χ4v) is 2.75. The van der Waals surface area contributed by atoms with Crippen LogP contribution in [0.15, 0.2) is 42.2 Å². The van der Waals surface area contributed by atoms with Crippen LogP contribution in [0.2, 0.25) is 0 Å². The number of fused-ring (bicyclic) bond motifs is 1. The van der Waals surface area contributed by atoms with Crippen molar-refractivity contribution in [2.75, 3.05) is 21.2 Å². The summed E-state index contributed by atoms with van der Waals surface area (Å²) in [7, 11) is 5.53. The molecule has 1 aliphatic rings. The van der Waals surface area contributed by atoms with Crippen LogP contribution in [0.25, 0.3) is 6.08 Å². The van der Waals surface area contributed by atoms with Crippen molar-refractivity contribution >= 4 is 11.9 Å². The minimum absolute atomic E-state index is 0.140. The van der Waals surface area contributed by atoms with Crippen molar-refractivity contribution in [1.82, 2.24) is 0 Å². The number of ether oxygens (including phenoxy) is 2. The Morgan fingerprint density at radius 3 is 2.67 bits per heavy atom. The van der Waals surface area contributed by atoms with Crippen molar-refractivity contribution in [2.45, 2.75) is 6.54 Å². The monoisotopic (exact) mass is 326 g/mol. The number of methoxy groups -OCH3 is 1. The zero-order valence-corrected chi connectivity index (χ0v) is 13.9. The number of phenols is 1. The Morgan fingerprint density at radius 2 is 1.96 bits per heavy atom. The molecule has 0 fully saturated rings. The van der Waals surface area contributed by atoms with E-state index in [9.17, 15) is 9.90 Å². The van der Waals surface area contributed by atoms with Crippen LogP contribution in [0.3, 0.4) is 0 Å². The predicted molar refractivity (Wildman–Crippen MR) is 90.6 cm³/mol. The summed E-state index contributed by atoms with van der Waals surface area (Å²) < 4.78 is 11.1. The average molecular weight is 326 g/mol. The first kappa shape index (κ1) is 16.1. The van der Waals surface area contributed by atoms with Gasteiger partial charge >= 0.3 is 0 Å². The number of carbonyl (C=O) groups excluding carboxylic acids is 1. The molecule has 5 heteroatoms. The van der Waals surface area contributed by atoms with Crippen LogP contribution in [0.1, 0.15) is 21.5 Å². The van der Waals surface area contributed by atoms with E-state index in [0.717, 1.165) is 10.5 Å². The zero-order valence-electron chi connectivity index (χ0n) is 13.9. The second-order valence-corrected chi connectivity index (χ2v) is 6.01. The number of para-hydroxylation sites is 1. The van der Waals surface area contributed by atoms with Gasteiger partial charge < -0.3 is 19.5 Å². The lowest BCUT2D eigenvalue weighted by molar-refractivity contribution is -0.872. The fraction of sp³-hybridized carbons (Fsp3) is 0.211. The SMILES string of the molecule is COc1ccccc1/C=C1\Oc2c(ccc(O)c2C[NH+](C)C)C1=O. The van der Waals surface area contributed by atoms with Crippen molar-refractivity contribution in [1.29, 1.82) is 0 Å². The van der Waals surface area contributed by atoms with Gasteiger partial charge in [-0.2, -0.15) is 0 Å². The molecule has 0 radical (unpaired) electrons. The first-order valence-electron chi connectivity index (χ1n) is 7.72. The number of quaternary nitrogens is 1. The Labute approximate surface area is 140 Å². The molecule has 2 aromatic carbocycles. The van der Waals surface area contributed by atoms with Crippen molar-refractivity contribution in [3.63, 3.8) is 0 Å². The molecule has 0 spiro atoms. The molecular formula is C19H20NO4+. The lowest BCUT2D eigenvalue weighted by Gasteiger charge is -2.12. The summed E-state index contributed by atoms with van der Waals surface area (Å²) in [5.74, 6) is 1.29. The number of allylic oxidation sites excluding steroid dienone is 1. The Bertz CT molecular complexity index is 824. The summed E-state index contributed by atoms with van der Waals surface area (Å²) in [5.41, 5.74) is 1.88. The fourth-order valence-electron chi connectivity index (χ4n) is 2.75. The number of ketones is 1. The number of nitrogens with one attached hydrogen (secondary N) is 1. The van der Waals surface area contributed by atoms with Crippen LogP contribution in [0, 0.1) is 0 Å². The summed E-state index contributed by atoms with van der Waals surface area (Å²) in [6.45, 7) is 0.560. The first-order chi connectivity index (χ1) is 11.5. The highest BCUT2D eigenvalue weighted by Gasteiger charge is 2.32. The van der Waals surface area contributed by atoms with Gasteiger partial charge in [0, 0.05) is 5.56 Å². The molecule has 0 bridgehead atoms. The van der Waals surface area contributed by atoms with E-state index in [-0.39, 0.29) is 17.3 Å². The van der Waals surface area contributed by atoms with Crippen LogP contribution in [0.4, 0.5) is 0 Å². The third-order valence-corrected chi connectivity index (χ3v) is 3.87. The molecule has 2 N–H and O–H groups in total. The van der Waals surface area contributed by atoms with Crippen LogP contribution >= 0.6 is 0 Å². The van der Waals surface area contributed by atoms with E-state index < -0.39 is 0 Å². The van der Waals surface area contributed by atoms with Gasteiger partial charge in [-0.15, -0.1) is 0 Å². The van der Waals surface area contributed by atoms with E-state index in [0.29, 0.717) is 29.2 Å². The number of hydrogen-bond acceptors (Lipinski definition) is 4. The minimum Gasteiger partial charge on any atom is -0.507 e. The number of rotatable bonds is 4. The molecule has 0 atom stereocenters. The van der Waals surface area contributed by atoms with Gasteiger partial charge in [0.25, 0.3) is 0 Å². The highest BCUT2D eigenvalue weighted by molar-refractivity contribution is 6.15. The normalized spacial score (nSPS) is 14.8. The smallest absolute Gasteiger partial charge is 0.231 e. The molecule has 1 aliphatic heterocycles. The minimum atomic E-state index is -0.189. The van der Waals surface area contributed by atoms with Crippen molar-refractivity contribution in [2.24, 2.45) is 0 Å². The largest absolute Gasteiger partial charge is 0.507 e. The molecule has 124 valence electrons. The molecule has 0 saturated carbocycles. The lowest BCUT2D eigenvalue weighted by Crippen LogP contribution is -3.04. The summed E-state index contributed by atoms with van der Waals surface area (Å²) in [6.07, 6.45) is 1.67. The van der Waals surface area contributed by atoms with Gasteiger partial charge in [-0.25, -0.2) is 0 Å². The topological polar surface area (TPSA) is 60.2 Å². The Hall–Kier alpha value is -2.79. The molecule has 24 heavy (non-hydrogen) atoms. The molecule has 2 aromatic rings. The van der Waals surface area contributed by atoms with Gasteiger partial charge in [0.05, 0.1) is 32.3 Å². The van der Waals surface area contributed by atoms with Crippen LogP contribution in [0.5, 0.6) is 17.2 Å². The highest BCUT2D eigenvalue weighted by Crippen LogP contribution is 2.39. The Balaban J connectivity index is 2.03. The van der Waals surface area contributed by atoms with Gasteiger partial charge in [-0.05, 0) is 24.3 Å². The van der Waals surface area contributed by atoms with E-state index >= 15 is 0 Å². The van der Waals surface area contributed by atoms with E-state index in [1.807, 2.05) is 38.4 Å². The number of aromatic hydroxyl groups is 1. The number of phenolic OH excluding ortho intramolecular Hbond substituents is 1. The standard InChI is InChI=1S/C19H19NO4/c1-20(2)11-14-15(21)9-8-13-18(22)17(24-19(13)14)10-12-6-4-5-7-16(12)23-3/h4-10,21H,11H2,1-3H3/p+1/b17-10-. The maximum atomic E-state index is 12.6. The third-order valence-electron chi connectivity index (χ3n) is 3.87. The van der Waals surface area contributed by atoms with E-state index in [1.165, 1.54) is 0 Å². The van der Waals surface area contributed by atoms with E-state index in [2.05, 4.69) is 0 Å². The molecule has 0 unspecified atom stereocenters. The lowest BCUT2D eigenvalue weighted by atomic mass is 10.0. The molecule has 0 saturated heterocycles. The van der Waals surface area contributed by atoms with Gasteiger partial charge in [0.1, 0.15) is 18.0 Å². The van der Waals surface area contributed by atoms with Crippen molar-refractivity contribution < 1.29 is 24.3 Å². The van der Waals surface area contributed by atoms with Crippen molar-refractivity contribution in [3.8, 4) is 17.2 Å². The quantitative estimate of drug-likeness (QED) is 0.839. The number of carbonyl (C=O) groups is 1. The predicted octanol–water partition coefficient (Wildman–Crippen LogP) is 1.66. The second kappa shape index (κ2) is 6.37. The molecule has 5 nitrogen and oxygen atoms in total. The van der Waals surface area contributed by atoms with Crippen LogP contribution < -0.4 is 14.4 Å². The first-order valence-corrected chi connectivity index (χ1v) is 7.72. The number of hydrogen-bond donors (Lipinski definition) is 2. The molecule has 0 aliphatic carbocycles. The van der Waals surface area contributed by atoms with Gasteiger partial charge in [-0.1, -0.05) is 18.2 Å². The van der Waals surface area contributed by atoms with E-state index in [1.54, 1.807) is 25.3 Å². The summed E-state index contributed by atoms with van der Waals surface area (Å²) in [5, 5.41) is 10.1. The second-order valence-electron chi connectivity index (χ2n) is 6.01. The molecule has 3 rings (SSSR count). The Kier molecular flexibility index (Phi) is 4.27. The van der Waals surface area contributed by atoms with Crippen LogP contribution in [-0.2, 0) is 6.54 Å². The summed E-state index contributed by atoms with van der Waals surface area (Å²) in [6, 6.07) is 10.6.